The number of thiazole rings is 1. The van der Waals surface area contributed by atoms with E-state index in [1.54, 1.807) is 47.1 Å². The molecule has 0 aliphatic heterocycles. The third-order valence-electron chi connectivity index (χ3n) is 4.00. The monoisotopic (exact) mass is 412 g/mol. The topological polar surface area (TPSA) is 59.8 Å². The number of benzene rings is 2. The summed E-state index contributed by atoms with van der Waals surface area (Å²) in [5.41, 5.74) is 2.61. The van der Waals surface area contributed by atoms with Crippen LogP contribution in [0.5, 0.6) is 0 Å². The van der Waals surface area contributed by atoms with Crippen LogP contribution in [0.1, 0.15) is 16.1 Å². The maximum atomic E-state index is 13.1. The Balaban J connectivity index is 1.64. The highest BCUT2D eigenvalue weighted by atomic mass is 35.5. The number of carbonyl (C=O) groups excluding carboxylic acids is 1. The van der Waals surface area contributed by atoms with E-state index in [2.05, 4.69) is 15.4 Å². The van der Waals surface area contributed by atoms with Crippen LogP contribution in [0.25, 0.3) is 16.4 Å². The lowest BCUT2D eigenvalue weighted by Crippen LogP contribution is -2.15. The third-order valence-corrected chi connectivity index (χ3v) is 5.15. The van der Waals surface area contributed by atoms with Gasteiger partial charge >= 0.3 is 0 Å². The van der Waals surface area contributed by atoms with Crippen molar-refractivity contribution >= 4 is 34.7 Å². The molecule has 4 rings (SSSR count). The van der Waals surface area contributed by atoms with Crippen LogP contribution in [0.4, 0.5) is 10.2 Å². The van der Waals surface area contributed by atoms with Crippen LogP contribution in [0, 0.1) is 12.7 Å². The Kier molecular flexibility index (Phi) is 4.93. The molecule has 0 bridgehead atoms. The van der Waals surface area contributed by atoms with E-state index in [0.29, 0.717) is 27.2 Å². The summed E-state index contributed by atoms with van der Waals surface area (Å²) >= 11 is 7.48. The summed E-state index contributed by atoms with van der Waals surface area (Å²) in [7, 11) is 0. The summed E-state index contributed by atoms with van der Waals surface area (Å²) in [6.07, 6.45) is 0. The molecule has 0 saturated carbocycles. The number of rotatable bonds is 4. The Hall–Kier alpha value is -3.03. The van der Waals surface area contributed by atoms with Crippen LogP contribution in [0.15, 0.2) is 60.0 Å². The van der Waals surface area contributed by atoms with E-state index in [4.69, 9.17) is 11.6 Å². The predicted molar refractivity (Wildman–Crippen MR) is 109 cm³/mol. The zero-order valence-corrected chi connectivity index (χ0v) is 16.3. The number of aromatic nitrogens is 3. The molecular weight excluding hydrogens is 399 g/mol. The third kappa shape index (κ3) is 3.67. The van der Waals surface area contributed by atoms with Gasteiger partial charge in [0.15, 0.2) is 0 Å². The molecule has 140 valence electrons. The second-order valence-electron chi connectivity index (χ2n) is 6.04. The van der Waals surface area contributed by atoms with Crippen molar-refractivity contribution in [3.05, 3.63) is 82.1 Å². The van der Waals surface area contributed by atoms with Gasteiger partial charge in [-0.2, -0.15) is 9.78 Å². The van der Waals surface area contributed by atoms with Crippen molar-refractivity contribution in [2.24, 2.45) is 0 Å². The molecule has 0 spiro atoms. The smallest absolute Gasteiger partial charge is 0.258 e. The van der Waals surface area contributed by atoms with E-state index in [-0.39, 0.29) is 11.7 Å². The Morgan fingerprint density at radius 1 is 1.18 bits per heavy atom. The molecule has 1 N–H and O–H groups in total. The quantitative estimate of drug-likeness (QED) is 0.491. The van der Waals surface area contributed by atoms with Gasteiger partial charge in [0.1, 0.15) is 11.6 Å². The second kappa shape index (κ2) is 7.53. The molecule has 0 atom stereocenters. The minimum absolute atomic E-state index is 0.300. The van der Waals surface area contributed by atoms with E-state index >= 15 is 0 Å². The molecule has 0 radical (unpaired) electrons. The summed E-state index contributed by atoms with van der Waals surface area (Å²) in [5.74, 6) is -0.143. The first-order valence-electron chi connectivity index (χ1n) is 8.35. The summed E-state index contributed by atoms with van der Waals surface area (Å²) in [6.45, 7) is 1.83. The minimum Gasteiger partial charge on any atom is -0.306 e. The first kappa shape index (κ1) is 18.3. The van der Waals surface area contributed by atoms with Gasteiger partial charge in [-0.25, -0.2) is 9.37 Å². The lowest BCUT2D eigenvalue weighted by molar-refractivity contribution is 0.102. The van der Waals surface area contributed by atoms with Gasteiger partial charge in [0.25, 0.3) is 5.91 Å². The molecule has 0 aliphatic carbocycles. The number of hydrogen-bond donors (Lipinski definition) is 1. The van der Waals surface area contributed by atoms with Gasteiger partial charge in [-0.15, -0.1) is 11.3 Å². The number of hydrogen-bond acceptors (Lipinski definition) is 4. The number of anilines is 1. The number of nitrogens with zero attached hydrogens (tertiary/aromatic N) is 3. The van der Waals surface area contributed by atoms with Crippen molar-refractivity contribution in [3.63, 3.8) is 0 Å². The average molecular weight is 413 g/mol. The van der Waals surface area contributed by atoms with Crippen molar-refractivity contribution in [2.45, 2.75) is 6.92 Å². The standard InChI is InChI=1S/C20H14ClFN4OS/c1-12-10-18(24-19(27)15-4-2-3-5-16(15)21)26(25-12)20-23-17(11-28-20)13-6-8-14(22)9-7-13/h2-11H,1H3,(H,24,27). The van der Waals surface area contributed by atoms with Gasteiger partial charge in [0.2, 0.25) is 5.13 Å². The van der Waals surface area contributed by atoms with E-state index in [1.165, 1.54) is 23.5 Å². The summed E-state index contributed by atoms with van der Waals surface area (Å²) in [5, 5.41) is 10.1. The molecule has 4 aromatic rings. The highest BCUT2D eigenvalue weighted by Crippen LogP contribution is 2.27. The van der Waals surface area contributed by atoms with Crippen LogP contribution >= 0.6 is 22.9 Å². The van der Waals surface area contributed by atoms with Crippen LogP contribution in [-0.4, -0.2) is 20.7 Å². The summed E-state index contributed by atoms with van der Waals surface area (Å²) in [4.78, 5) is 17.2. The molecule has 8 heteroatoms. The number of aryl methyl sites for hydroxylation is 1. The van der Waals surface area contributed by atoms with Gasteiger partial charge in [0, 0.05) is 17.0 Å². The van der Waals surface area contributed by atoms with Gasteiger partial charge in [-0.05, 0) is 43.3 Å². The molecule has 0 saturated heterocycles. The highest BCUT2D eigenvalue weighted by molar-refractivity contribution is 7.12. The Labute approximate surface area is 169 Å². The molecule has 28 heavy (non-hydrogen) atoms. The molecule has 5 nitrogen and oxygen atoms in total. The minimum atomic E-state index is -0.331. The van der Waals surface area contributed by atoms with Gasteiger partial charge in [-0.3, -0.25) is 4.79 Å². The van der Waals surface area contributed by atoms with Crippen molar-refractivity contribution in [1.29, 1.82) is 0 Å². The summed E-state index contributed by atoms with van der Waals surface area (Å²) < 4.78 is 14.7. The van der Waals surface area contributed by atoms with Gasteiger partial charge in [-0.1, -0.05) is 23.7 Å². The van der Waals surface area contributed by atoms with Crippen molar-refractivity contribution in [3.8, 4) is 16.4 Å². The van der Waals surface area contributed by atoms with E-state index in [0.717, 1.165) is 11.3 Å². The Morgan fingerprint density at radius 3 is 2.68 bits per heavy atom. The molecule has 2 aromatic heterocycles. The van der Waals surface area contributed by atoms with Crippen molar-refractivity contribution in [1.82, 2.24) is 14.8 Å². The SMILES string of the molecule is Cc1cc(NC(=O)c2ccccc2Cl)n(-c2nc(-c3ccc(F)cc3)cs2)n1. The first-order chi connectivity index (χ1) is 13.5. The molecule has 0 fully saturated rings. The molecule has 0 aliphatic rings. The largest absolute Gasteiger partial charge is 0.306 e. The lowest BCUT2D eigenvalue weighted by Gasteiger charge is -2.07. The Morgan fingerprint density at radius 2 is 1.93 bits per heavy atom. The second-order valence-corrected chi connectivity index (χ2v) is 7.28. The fourth-order valence-corrected chi connectivity index (χ4v) is 3.70. The highest BCUT2D eigenvalue weighted by Gasteiger charge is 2.16. The fourth-order valence-electron chi connectivity index (χ4n) is 2.68. The Bertz CT molecular complexity index is 1150. The summed E-state index contributed by atoms with van der Waals surface area (Å²) in [6, 6.07) is 14.7. The van der Waals surface area contributed by atoms with E-state index < -0.39 is 0 Å². The molecular formula is C20H14ClFN4OS. The molecule has 1 amide bonds. The molecule has 0 unspecified atom stereocenters. The lowest BCUT2D eigenvalue weighted by atomic mass is 10.2. The fraction of sp³-hybridized carbons (Fsp3) is 0.0500. The zero-order valence-electron chi connectivity index (χ0n) is 14.7. The van der Waals surface area contributed by atoms with Crippen LogP contribution < -0.4 is 5.32 Å². The van der Waals surface area contributed by atoms with Gasteiger partial charge < -0.3 is 5.32 Å². The maximum absolute atomic E-state index is 13.1. The number of amides is 1. The zero-order chi connectivity index (χ0) is 19.7. The van der Waals surface area contributed by atoms with Crippen molar-refractivity contribution in [2.75, 3.05) is 5.32 Å². The normalized spacial score (nSPS) is 10.8. The van der Waals surface area contributed by atoms with Crippen LogP contribution in [0.3, 0.4) is 0 Å². The van der Waals surface area contributed by atoms with Crippen molar-refractivity contribution < 1.29 is 9.18 Å². The number of halogens is 2. The van der Waals surface area contributed by atoms with Crippen LogP contribution in [0.2, 0.25) is 5.02 Å². The molecule has 2 heterocycles. The number of carbonyl (C=O) groups is 1. The number of nitrogens with one attached hydrogen (secondary N) is 1. The maximum Gasteiger partial charge on any atom is 0.258 e. The van der Waals surface area contributed by atoms with Crippen LogP contribution in [-0.2, 0) is 0 Å². The molecule has 2 aromatic carbocycles. The first-order valence-corrected chi connectivity index (χ1v) is 9.61. The van der Waals surface area contributed by atoms with E-state index in [1.807, 2.05) is 12.3 Å². The predicted octanol–water partition coefficient (Wildman–Crippen LogP) is 5.35. The average Bonchev–Trinajstić information content (AvgIpc) is 3.29. The van der Waals surface area contributed by atoms with Gasteiger partial charge in [0.05, 0.1) is 22.0 Å². The van der Waals surface area contributed by atoms with E-state index in [9.17, 15) is 9.18 Å².